The number of aliphatic hydroxyl groups excluding tert-OH is 1. The first-order valence-corrected chi connectivity index (χ1v) is 14.4. The first-order valence-electron chi connectivity index (χ1n) is 14.4. The van der Waals surface area contributed by atoms with E-state index in [9.17, 15) is 44.1 Å². The quantitative estimate of drug-likeness (QED) is 0.165. The van der Waals surface area contributed by atoms with Crippen LogP contribution in [0.4, 0.5) is 0 Å². The van der Waals surface area contributed by atoms with E-state index in [1.807, 2.05) is 0 Å². The van der Waals surface area contributed by atoms with Crippen molar-refractivity contribution in [3.8, 4) is 5.75 Å². The molecule has 3 aliphatic heterocycles. The second-order valence-corrected chi connectivity index (χ2v) is 11.1. The summed E-state index contributed by atoms with van der Waals surface area (Å²) in [6, 6.07) is 2.04. The fourth-order valence-electron chi connectivity index (χ4n) is 5.99. The van der Waals surface area contributed by atoms with E-state index in [-0.39, 0.29) is 44.1 Å². The molecule has 0 aromatic heterocycles. The van der Waals surface area contributed by atoms with E-state index in [2.05, 4.69) is 10.6 Å². The molecular weight excluding hydrogens is 564 g/mol. The summed E-state index contributed by atoms with van der Waals surface area (Å²) in [5.41, 5.74) is 6.11. The van der Waals surface area contributed by atoms with E-state index in [0.29, 0.717) is 37.8 Å². The molecule has 0 saturated carbocycles. The van der Waals surface area contributed by atoms with E-state index in [4.69, 9.17) is 5.73 Å². The van der Waals surface area contributed by atoms with Gasteiger partial charge in [-0.1, -0.05) is 12.1 Å². The maximum Gasteiger partial charge on any atom is 0.326 e. The number of phenols is 1. The van der Waals surface area contributed by atoms with Crippen molar-refractivity contribution in [3.05, 3.63) is 29.8 Å². The molecule has 1 aromatic carbocycles. The monoisotopic (exact) mass is 602 g/mol. The Morgan fingerprint density at radius 1 is 0.907 bits per heavy atom. The highest BCUT2D eigenvalue weighted by molar-refractivity contribution is 5.95. The molecule has 3 fully saturated rings. The summed E-state index contributed by atoms with van der Waals surface area (Å²) in [5.74, 6) is -3.91. The number of hydrogen-bond donors (Lipinski definition) is 6. The zero-order valence-electron chi connectivity index (χ0n) is 23.7. The van der Waals surface area contributed by atoms with Crippen LogP contribution >= 0.6 is 0 Å². The summed E-state index contributed by atoms with van der Waals surface area (Å²) in [7, 11) is 0. The van der Waals surface area contributed by atoms with E-state index >= 15 is 0 Å². The predicted octanol–water partition coefficient (Wildman–Crippen LogP) is -2.48. The number of phenolic OH excluding ortho intramolecular Hbond substituents is 1. The van der Waals surface area contributed by atoms with E-state index in [1.54, 1.807) is 12.1 Å². The summed E-state index contributed by atoms with van der Waals surface area (Å²) in [4.78, 5) is 80.5. The van der Waals surface area contributed by atoms with Gasteiger partial charge in [0.2, 0.25) is 29.5 Å². The van der Waals surface area contributed by atoms with Crippen LogP contribution in [0.5, 0.6) is 5.75 Å². The number of aliphatic hydroxyl groups is 1. The van der Waals surface area contributed by atoms with Crippen LogP contribution in [0.15, 0.2) is 24.3 Å². The number of carboxylic acid groups (broad SMARTS) is 1. The van der Waals surface area contributed by atoms with E-state index in [0.717, 1.165) is 4.90 Å². The van der Waals surface area contributed by atoms with Crippen molar-refractivity contribution in [2.24, 2.45) is 5.73 Å². The topological polar surface area (TPSA) is 223 Å². The summed E-state index contributed by atoms with van der Waals surface area (Å²) < 4.78 is 0. The number of nitrogens with zero attached hydrogens (tertiary/aromatic N) is 3. The van der Waals surface area contributed by atoms with Gasteiger partial charge in [-0.25, -0.2) is 4.79 Å². The molecule has 4 rings (SSSR count). The van der Waals surface area contributed by atoms with Crippen LogP contribution in [0.1, 0.15) is 37.7 Å². The van der Waals surface area contributed by atoms with Gasteiger partial charge < -0.3 is 46.4 Å². The third-order valence-electron chi connectivity index (χ3n) is 8.18. The van der Waals surface area contributed by atoms with Crippen LogP contribution in [-0.4, -0.2) is 129 Å². The molecule has 7 N–H and O–H groups in total. The number of aliphatic carboxylic acids is 1. The third-order valence-corrected chi connectivity index (χ3v) is 8.18. The van der Waals surface area contributed by atoms with E-state index < -0.39 is 66.4 Å². The van der Waals surface area contributed by atoms with Gasteiger partial charge in [0.15, 0.2) is 0 Å². The maximum atomic E-state index is 13.3. The van der Waals surface area contributed by atoms with Gasteiger partial charge in [-0.3, -0.25) is 24.0 Å². The lowest BCUT2D eigenvalue weighted by Crippen LogP contribution is -2.56. The normalized spacial score (nSPS) is 24.1. The average molecular weight is 603 g/mol. The molecule has 15 heteroatoms. The number of rotatable bonds is 10. The number of hydrogen-bond acceptors (Lipinski definition) is 9. The van der Waals surface area contributed by atoms with Crippen molar-refractivity contribution in [1.82, 2.24) is 25.3 Å². The maximum absolute atomic E-state index is 13.3. The molecular formula is C28H38N6O9. The highest BCUT2D eigenvalue weighted by Crippen LogP contribution is 2.25. The Labute approximate surface area is 248 Å². The zero-order chi connectivity index (χ0) is 31.3. The predicted molar refractivity (Wildman–Crippen MR) is 149 cm³/mol. The number of nitrogens with one attached hydrogen (secondary N) is 2. The first-order chi connectivity index (χ1) is 20.5. The van der Waals surface area contributed by atoms with Crippen LogP contribution in [0.25, 0.3) is 0 Å². The molecule has 0 radical (unpaired) electrons. The summed E-state index contributed by atoms with van der Waals surface area (Å²) in [5, 5.41) is 34.3. The van der Waals surface area contributed by atoms with Crippen molar-refractivity contribution in [3.63, 3.8) is 0 Å². The molecule has 15 nitrogen and oxygen atoms in total. The minimum absolute atomic E-state index is 0.0223. The molecule has 3 saturated heterocycles. The first kappa shape index (κ1) is 31.7. The Hall–Kier alpha value is -4.24. The molecule has 43 heavy (non-hydrogen) atoms. The molecule has 3 aliphatic rings. The summed E-state index contributed by atoms with van der Waals surface area (Å²) >= 11 is 0. The van der Waals surface area contributed by atoms with Gasteiger partial charge in [-0.2, -0.15) is 0 Å². The number of aromatic hydroxyl groups is 1. The minimum Gasteiger partial charge on any atom is -0.508 e. The molecule has 1 aromatic rings. The van der Waals surface area contributed by atoms with Gasteiger partial charge >= 0.3 is 5.97 Å². The number of amides is 5. The fourth-order valence-corrected chi connectivity index (χ4v) is 5.99. The summed E-state index contributed by atoms with van der Waals surface area (Å²) in [6.45, 7) is -0.259. The third kappa shape index (κ3) is 7.40. The van der Waals surface area contributed by atoms with Crippen LogP contribution in [-0.2, 0) is 35.2 Å². The van der Waals surface area contributed by atoms with Crippen molar-refractivity contribution in [1.29, 1.82) is 0 Å². The number of β-amino-alcohol motifs (C(OH)–C–C–N with tert-alkyl or cyclic N) is 1. The van der Waals surface area contributed by atoms with Crippen molar-refractivity contribution in [2.45, 2.75) is 68.8 Å². The lowest BCUT2D eigenvalue weighted by molar-refractivity contribution is -0.151. The van der Waals surface area contributed by atoms with Crippen LogP contribution < -0.4 is 16.4 Å². The molecule has 3 heterocycles. The Kier molecular flexibility index (Phi) is 10.2. The minimum atomic E-state index is -1.23. The van der Waals surface area contributed by atoms with Crippen LogP contribution in [0.3, 0.4) is 0 Å². The number of likely N-dealkylation sites (tertiary alicyclic amines) is 3. The van der Waals surface area contributed by atoms with Gasteiger partial charge in [0.25, 0.3) is 0 Å². The van der Waals surface area contributed by atoms with Crippen LogP contribution in [0, 0.1) is 0 Å². The molecule has 0 aliphatic carbocycles. The lowest BCUT2D eigenvalue weighted by atomic mass is 10.0. The number of nitrogens with two attached hydrogens (primary N) is 1. The van der Waals surface area contributed by atoms with Gasteiger partial charge in [-0.05, 0) is 43.4 Å². The average Bonchev–Trinajstić information content (AvgIpc) is 3.75. The highest BCUT2D eigenvalue weighted by atomic mass is 16.4. The van der Waals surface area contributed by atoms with Gasteiger partial charge in [0.05, 0.1) is 19.2 Å². The van der Waals surface area contributed by atoms with Gasteiger partial charge in [0.1, 0.15) is 29.9 Å². The Morgan fingerprint density at radius 3 is 2.16 bits per heavy atom. The zero-order valence-corrected chi connectivity index (χ0v) is 23.7. The summed E-state index contributed by atoms with van der Waals surface area (Å²) in [6.07, 6.45) is 0.796. The Balaban J connectivity index is 1.42. The molecule has 5 amide bonds. The standard InChI is InChI=1S/C28H38N6O9/c29-13-23(37)32-9-1-3-20(32)26(40)31-19(11-16-5-7-17(35)8-6-16)25(39)30-14-24(38)33-10-2-4-21(33)27(41)34-15-18(36)12-22(34)28(42)43/h5-8,18-22,35-36H,1-4,9-15,29H2,(H,30,39)(H,31,40)(H,42,43)/t18-,19+,20+,21+,22+/m1/s1. The van der Waals surface area contributed by atoms with Crippen LogP contribution in [0.2, 0.25) is 0 Å². The number of benzene rings is 1. The number of carbonyl (C=O) groups is 6. The van der Waals surface area contributed by atoms with Crippen molar-refractivity contribution >= 4 is 35.5 Å². The molecule has 0 spiro atoms. The smallest absolute Gasteiger partial charge is 0.326 e. The van der Waals surface area contributed by atoms with E-state index in [1.165, 1.54) is 21.9 Å². The number of carbonyl (C=O) groups excluding carboxylic acids is 5. The van der Waals surface area contributed by atoms with Crippen molar-refractivity contribution < 1.29 is 44.1 Å². The molecule has 5 atom stereocenters. The molecule has 0 unspecified atom stereocenters. The largest absolute Gasteiger partial charge is 0.508 e. The second kappa shape index (κ2) is 13.8. The number of carboxylic acids is 1. The highest BCUT2D eigenvalue weighted by Gasteiger charge is 2.44. The fraction of sp³-hybridized carbons (Fsp3) is 0.571. The molecule has 234 valence electrons. The lowest BCUT2D eigenvalue weighted by Gasteiger charge is -2.30. The van der Waals surface area contributed by atoms with Gasteiger partial charge in [0, 0.05) is 32.5 Å². The van der Waals surface area contributed by atoms with Crippen molar-refractivity contribution in [2.75, 3.05) is 32.7 Å². The second-order valence-electron chi connectivity index (χ2n) is 11.1. The molecule has 0 bridgehead atoms. The Morgan fingerprint density at radius 2 is 1.53 bits per heavy atom. The SMILES string of the molecule is NCC(=O)N1CCC[C@H]1C(=O)N[C@@H](Cc1ccc(O)cc1)C(=O)NCC(=O)N1CCC[C@H]1C(=O)N1C[C@H](O)C[C@H]1C(=O)O. The Bertz CT molecular complexity index is 1240. The van der Waals surface area contributed by atoms with Gasteiger partial charge in [-0.15, -0.1) is 0 Å².